The minimum absolute atomic E-state index is 0.224. The fourth-order valence-corrected chi connectivity index (χ4v) is 2.13. The maximum atomic E-state index is 10.9. The Kier molecular flexibility index (Phi) is 5.31. The molecule has 4 heteroatoms. The molecule has 0 saturated carbocycles. The molecule has 2 aromatic rings. The number of hydrogen-bond donors (Lipinski definition) is 1. The van der Waals surface area contributed by atoms with Crippen molar-refractivity contribution in [1.82, 2.24) is 0 Å². The van der Waals surface area contributed by atoms with E-state index in [1.165, 1.54) is 17.7 Å². The number of esters is 1. The quantitative estimate of drug-likeness (QED) is 0.681. The van der Waals surface area contributed by atoms with Crippen molar-refractivity contribution in [1.29, 1.82) is 0 Å². The van der Waals surface area contributed by atoms with Crippen molar-refractivity contribution < 1.29 is 19.4 Å². The number of aromatic carboxylic acids is 1. The van der Waals surface area contributed by atoms with Gasteiger partial charge in [-0.15, -0.1) is 0 Å². The van der Waals surface area contributed by atoms with E-state index in [1.54, 1.807) is 6.07 Å². The van der Waals surface area contributed by atoms with E-state index >= 15 is 0 Å². The van der Waals surface area contributed by atoms with Crippen LogP contribution in [0.2, 0.25) is 0 Å². The van der Waals surface area contributed by atoms with Crippen LogP contribution in [0.15, 0.2) is 48.5 Å². The molecule has 0 saturated heterocycles. The van der Waals surface area contributed by atoms with Crippen molar-refractivity contribution in [3.63, 3.8) is 0 Å². The molecule has 114 valence electrons. The SMILES string of the molecule is CCc1ccccc1.O=C1CCc2cc(C(=O)O)ccc2O1. The van der Waals surface area contributed by atoms with Gasteiger partial charge in [0, 0.05) is 0 Å². The molecule has 2 aromatic carbocycles. The summed E-state index contributed by atoms with van der Waals surface area (Å²) in [6.45, 7) is 2.16. The molecule has 0 unspecified atom stereocenters. The molecule has 0 amide bonds. The van der Waals surface area contributed by atoms with Crippen LogP contribution in [0.1, 0.15) is 34.8 Å². The first-order valence-corrected chi connectivity index (χ1v) is 7.21. The molecule has 0 aromatic heterocycles. The molecule has 0 aliphatic carbocycles. The lowest BCUT2D eigenvalue weighted by Gasteiger charge is -2.15. The molecule has 0 bridgehead atoms. The fourth-order valence-electron chi connectivity index (χ4n) is 2.13. The van der Waals surface area contributed by atoms with Crippen LogP contribution < -0.4 is 4.74 Å². The summed E-state index contributed by atoms with van der Waals surface area (Å²) in [5.41, 5.74) is 2.42. The second kappa shape index (κ2) is 7.41. The molecular formula is C18H18O4. The lowest BCUT2D eigenvalue weighted by Crippen LogP contribution is -2.16. The Hall–Kier alpha value is -2.62. The highest BCUT2D eigenvalue weighted by Crippen LogP contribution is 2.26. The molecule has 1 heterocycles. The van der Waals surface area contributed by atoms with Crippen LogP contribution >= 0.6 is 0 Å². The summed E-state index contributed by atoms with van der Waals surface area (Å²) in [4.78, 5) is 21.5. The summed E-state index contributed by atoms with van der Waals surface area (Å²) in [5.74, 6) is -0.753. The van der Waals surface area contributed by atoms with E-state index in [0.717, 1.165) is 12.0 Å². The molecular weight excluding hydrogens is 280 g/mol. The van der Waals surface area contributed by atoms with Crippen molar-refractivity contribution in [2.24, 2.45) is 0 Å². The Labute approximate surface area is 129 Å². The highest BCUT2D eigenvalue weighted by Gasteiger charge is 2.18. The fraction of sp³-hybridized carbons (Fsp3) is 0.222. The van der Waals surface area contributed by atoms with Gasteiger partial charge in [0.15, 0.2) is 0 Å². The average molecular weight is 298 g/mol. The highest BCUT2D eigenvalue weighted by atomic mass is 16.5. The van der Waals surface area contributed by atoms with Gasteiger partial charge in [-0.25, -0.2) is 4.79 Å². The molecule has 22 heavy (non-hydrogen) atoms. The smallest absolute Gasteiger partial charge is 0.335 e. The van der Waals surface area contributed by atoms with E-state index in [0.29, 0.717) is 18.6 Å². The minimum Gasteiger partial charge on any atom is -0.478 e. The summed E-state index contributed by atoms with van der Waals surface area (Å²) in [6.07, 6.45) is 2.01. The molecule has 1 N–H and O–H groups in total. The number of carboxylic acids is 1. The van der Waals surface area contributed by atoms with Gasteiger partial charge in [0.25, 0.3) is 0 Å². The van der Waals surface area contributed by atoms with Gasteiger partial charge in [-0.2, -0.15) is 0 Å². The molecule has 1 aliphatic rings. The predicted octanol–water partition coefficient (Wildman–Crippen LogP) is 3.49. The van der Waals surface area contributed by atoms with Gasteiger partial charge in [0.1, 0.15) is 5.75 Å². The standard InChI is InChI=1S/C10H8O4.C8H10/c11-9-4-2-6-5-7(10(12)13)1-3-8(6)14-9;1-2-8-6-4-3-5-7-8/h1,3,5H,2,4H2,(H,12,13);3-7H,2H2,1H3. The van der Waals surface area contributed by atoms with Crippen LogP contribution in [0, 0.1) is 0 Å². The third-order valence-corrected chi connectivity index (χ3v) is 3.38. The van der Waals surface area contributed by atoms with Crippen LogP contribution in [0.4, 0.5) is 0 Å². The van der Waals surface area contributed by atoms with E-state index in [2.05, 4.69) is 31.2 Å². The maximum Gasteiger partial charge on any atom is 0.335 e. The van der Waals surface area contributed by atoms with Crippen LogP contribution in [0.5, 0.6) is 5.75 Å². The zero-order valence-electron chi connectivity index (χ0n) is 12.4. The third kappa shape index (κ3) is 4.19. The van der Waals surface area contributed by atoms with E-state index < -0.39 is 5.97 Å². The molecule has 0 spiro atoms. The largest absolute Gasteiger partial charge is 0.478 e. The van der Waals surface area contributed by atoms with Crippen LogP contribution in [-0.2, 0) is 17.6 Å². The van der Waals surface area contributed by atoms with E-state index in [1.807, 2.05) is 6.07 Å². The average Bonchev–Trinajstić information content (AvgIpc) is 2.55. The number of fused-ring (bicyclic) bond motifs is 1. The molecule has 0 atom stereocenters. The van der Waals surface area contributed by atoms with Crippen LogP contribution in [0.3, 0.4) is 0 Å². The lowest BCUT2D eigenvalue weighted by atomic mass is 10.0. The van der Waals surface area contributed by atoms with E-state index in [-0.39, 0.29) is 11.5 Å². The van der Waals surface area contributed by atoms with Gasteiger partial charge in [0.05, 0.1) is 12.0 Å². The van der Waals surface area contributed by atoms with Crippen molar-refractivity contribution >= 4 is 11.9 Å². The predicted molar refractivity (Wildman–Crippen MR) is 83.2 cm³/mol. The Morgan fingerprint density at radius 2 is 1.86 bits per heavy atom. The number of carbonyl (C=O) groups is 2. The highest BCUT2D eigenvalue weighted by molar-refractivity contribution is 5.88. The van der Waals surface area contributed by atoms with Gasteiger partial charge < -0.3 is 9.84 Å². The number of aryl methyl sites for hydroxylation is 2. The number of hydrogen-bond acceptors (Lipinski definition) is 3. The van der Waals surface area contributed by atoms with Gasteiger partial charge in [0.2, 0.25) is 0 Å². The minimum atomic E-state index is -0.968. The number of carboxylic acid groups (broad SMARTS) is 1. The molecule has 3 rings (SSSR count). The second-order valence-electron chi connectivity index (χ2n) is 4.94. The summed E-state index contributed by atoms with van der Waals surface area (Å²) in [6, 6.07) is 15.0. The topological polar surface area (TPSA) is 63.6 Å². The van der Waals surface area contributed by atoms with Crippen molar-refractivity contribution in [2.75, 3.05) is 0 Å². The van der Waals surface area contributed by atoms with Crippen molar-refractivity contribution in [2.45, 2.75) is 26.2 Å². The van der Waals surface area contributed by atoms with Gasteiger partial charge in [-0.3, -0.25) is 4.79 Å². The van der Waals surface area contributed by atoms with Gasteiger partial charge >= 0.3 is 11.9 Å². The summed E-state index contributed by atoms with van der Waals surface area (Å²) >= 11 is 0. The van der Waals surface area contributed by atoms with Crippen molar-refractivity contribution in [3.05, 3.63) is 65.2 Å². The Morgan fingerprint density at radius 1 is 1.14 bits per heavy atom. The summed E-state index contributed by atoms with van der Waals surface area (Å²) in [5, 5.41) is 8.73. The monoisotopic (exact) mass is 298 g/mol. The first-order valence-electron chi connectivity index (χ1n) is 7.21. The number of carbonyl (C=O) groups excluding carboxylic acids is 1. The Balaban J connectivity index is 0.000000188. The first-order chi connectivity index (χ1) is 10.6. The Morgan fingerprint density at radius 3 is 2.45 bits per heavy atom. The molecule has 0 radical (unpaired) electrons. The summed E-state index contributed by atoms with van der Waals surface area (Å²) < 4.78 is 4.93. The third-order valence-electron chi connectivity index (χ3n) is 3.38. The zero-order chi connectivity index (χ0) is 15.9. The molecule has 4 nitrogen and oxygen atoms in total. The van der Waals surface area contributed by atoms with Crippen molar-refractivity contribution in [3.8, 4) is 5.75 Å². The molecule has 1 aliphatic heterocycles. The van der Waals surface area contributed by atoms with Gasteiger partial charge in [-0.05, 0) is 42.2 Å². The Bertz CT molecular complexity index is 662. The number of ether oxygens (including phenoxy) is 1. The second-order valence-corrected chi connectivity index (χ2v) is 4.94. The maximum absolute atomic E-state index is 10.9. The summed E-state index contributed by atoms with van der Waals surface area (Å²) in [7, 11) is 0. The number of rotatable bonds is 2. The van der Waals surface area contributed by atoms with Crippen LogP contribution in [-0.4, -0.2) is 17.0 Å². The normalized spacial score (nSPS) is 12.5. The zero-order valence-corrected chi connectivity index (χ0v) is 12.4. The lowest BCUT2D eigenvalue weighted by molar-refractivity contribution is -0.135. The van der Waals surface area contributed by atoms with E-state index in [9.17, 15) is 9.59 Å². The van der Waals surface area contributed by atoms with E-state index in [4.69, 9.17) is 9.84 Å². The first kappa shape index (κ1) is 15.8. The number of benzene rings is 2. The van der Waals surface area contributed by atoms with Crippen LogP contribution in [0.25, 0.3) is 0 Å². The molecule has 0 fully saturated rings. The van der Waals surface area contributed by atoms with Gasteiger partial charge in [-0.1, -0.05) is 37.3 Å².